The van der Waals surface area contributed by atoms with Crippen molar-refractivity contribution in [2.75, 3.05) is 5.32 Å². The molecule has 0 aliphatic carbocycles. The van der Waals surface area contributed by atoms with Gasteiger partial charge >= 0.3 is 0 Å². The molecule has 142 valence electrons. The molecule has 0 unspecified atom stereocenters. The first-order chi connectivity index (χ1) is 13.4. The van der Waals surface area contributed by atoms with Crippen LogP contribution >= 0.6 is 11.8 Å². The summed E-state index contributed by atoms with van der Waals surface area (Å²) in [5, 5.41) is 2.11. The summed E-state index contributed by atoms with van der Waals surface area (Å²) in [7, 11) is 0. The van der Waals surface area contributed by atoms with Crippen LogP contribution in [0.5, 0.6) is 0 Å². The topological polar surface area (TPSA) is 46.2 Å². The molecule has 3 aromatic rings. The Morgan fingerprint density at radius 3 is 2.32 bits per heavy atom. The summed E-state index contributed by atoms with van der Waals surface area (Å²) >= 11 is 1.12. The van der Waals surface area contributed by atoms with E-state index in [4.69, 9.17) is 0 Å². The summed E-state index contributed by atoms with van der Waals surface area (Å²) in [6.07, 6.45) is 0. The van der Waals surface area contributed by atoms with E-state index in [1.54, 1.807) is 48.5 Å². The van der Waals surface area contributed by atoms with Crippen molar-refractivity contribution >= 4 is 29.1 Å². The summed E-state index contributed by atoms with van der Waals surface area (Å²) in [5.74, 6) is -2.34. The molecular weight excluding hydrogens is 380 g/mol. The molecule has 0 radical (unpaired) electrons. The molecule has 3 nitrogen and oxygen atoms in total. The van der Waals surface area contributed by atoms with Crippen molar-refractivity contribution in [2.45, 2.75) is 17.1 Å². The smallest absolute Gasteiger partial charge is 0.242 e. The minimum absolute atomic E-state index is 0.105. The number of nitrogens with one attached hydrogen (secondary N) is 1. The lowest BCUT2D eigenvalue weighted by molar-refractivity contribution is -0.115. The van der Waals surface area contributed by atoms with Gasteiger partial charge in [-0.2, -0.15) is 0 Å². The van der Waals surface area contributed by atoms with Crippen LogP contribution in [0.25, 0.3) is 0 Å². The molecular formula is C22H17F2NO2S. The van der Waals surface area contributed by atoms with Crippen molar-refractivity contribution in [1.29, 1.82) is 0 Å². The largest absolute Gasteiger partial charge is 0.325 e. The number of carbonyl (C=O) groups is 2. The molecule has 0 saturated heterocycles. The zero-order valence-corrected chi connectivity index (χ0v) is 15.8. The van der Waals surface area contributed by atoms with Crippen molar-refractivity contribution < 1.29 is 18.4 Å². The van der Waals surface area contributed by atoms with E-state index in [9.17, 15) is 18.4 Å². The Labute approximate surface area is 165 Å². The van der Waals surface area contributed by atoms with Gasteiger partial charge in [-0.1, -0.05) is 42.5 Å². The van der Waals surface area contributed by atoms with Crippen LogP contribution in [-0.4, -0.2) is 11.7 Å². The fourth-order valence-corrected chi connectivity index (χ4v) is 3.66. The maximum absolute atomic E-state index is 13.6. The molecule has 28 heavy (non-hydrogen) atoms. The molecule has 0 aromatic heterocycles. The maximum atomic E-state index is 13.6. The predicted octanol–water partition coefficient (Wildman–Crippen LogP) is 5.64. The molecule has 0 aliphatic rings. The Bertz CT molecular complexity index is 1010. The fraction of sp³-hybridized carbons (Fsp3) is 0.0909. The average Bonchev–Trinajstić information content (AvgIpc) is 2.69. The van der Waals surface area contributed by atoms with Crippen molar-refractivity contribution in [3.05, 3.63) is 95.6 Å². The van der Waals surface area contributed by atoms with Gasteiger partial charge in [-0.25, -0.2) is 8.78 Å². The van der Waals surface area contributed by atoms with Gasteiger partial charge in [0.2, 0.25) is 5.91 Å². The van der Waals surface area contributed by atoms with E-state index in [-0.39, 0.29) is 11.7 Å². The third-order valence-corrected chi connectivity index (χ3v) is 5.27. The number of carbonyl (C=O) groups excluding carboxylic acids is 2. The Balaban J connectivity index is 1.88. The lowest BCUT2D eigenvalue weighted by atomic mass is 10.1. The number of benzene rings is 3. The third kappa shape index (κ3) is 4.84. The second kappa shape index (κ2) is 8.80. The van der Waals surface area contributed by atoms with Crippen molar-refractivity contribution in [3.8, 4) is 0 Å². The van der Waals surface area contributed by atoms with Gasteiger partial charge in [0, 0.05) is 16.1 Å². The minimum Gasteiger partial charge on any atom is -0.325 e. The highest BCUT2D eigenvalue weighted by atomic mass is 32.2. The molecule has 0 aliphatic heterocycles. The first kappa shape index (κ1) is 19.8. The standard InChI is InChI=1S/C22H17F2NO2S/c1-14(26)16-8-5-9-17(12-16)25-22(27)21(15-6-3-2-4-7-15)28-18-10-11-19(23)20(24)13-18/h2-13,21H,1H3,(H,25,27)/t21-/m0/s1. The number of hydrogen-bond acceptors (Lipinski definition) is 3. The van der Waals surface area contributed by atoms with E-state index in [0.29, 0.717) is 16.1 Å². The van der Waals surface area contributed by atoms with E-state index < -0.39 is 16.9 Å². The van der Waals surface area contributed by atoms with Gasteiger partial charge in [-0.3, -0.25) is 9.59 Å². The molecule has 0 bridgehead atoms. The van der Waals surface area contributed by atoms with Gasteiger partial charge in [0.1, 0.15) is 5.25 Å². The van der Waals surface area contributed by atoms with E-state index in [2.05, 4.69) is 5.32 Å². The maximum Gasteiger partial charge on any atom is 0.242 e. The quantitative estimate of drug-likeness (QED) is 0.433. The van der Waals surface area contributed by atoms with Gasteiger partial charge in [0.05, 0.1) is 0 Å². The first-order valence-corrected chi connectivity index (χ1v) is 9.40. The van der Waals surface area contributed by atoms with Crippen LogP contribution in [-0.2, 0) is 4.79 Å². The highest BCUT2D eigenvalue weighted by Crippen LogP contribution is 2.36. The third-order valence-electron chi connectivity index (χ3n) is 4.02. The van der Waals surface area contributed by atoms with Gasteiger partial charge in [-0.15, -0.1) is 11.8 Å². The number of amides is 1. The Morgan fingerprint density at radius 1 is 0.893 bits per heavy atom. The van der Waals surface area contributed by atoms with Crippen LogP contribution in [0.2, 0.25) is 0 Å². The molecule has 1 N–H and O–H groups in total. The fourth-order valence-electron chi connectivity index (χ4n) is 2.61. The minimum atomic E-state index is -0.966. The van der Waals surface area contributed by atoms with Gasteiger partial charge in [0.25, 0.3) is 0 Å². The van der Waals surface area contributed by atoms with E-state index in [1.807, 2.05) is 6.07 Å². The van der Waals surface area contributed by atoms with Crippen LogP contribution in [0, 0.1) is 11.6 Å². The van der Waals surface area contributed by atoms with Crippen LogP contribution in [0.4, 0.5) is 14.5 Å². The molecule has 1 amide bonds. The number of halogens is 2. The van der Waals surface area contributed by atoms with E-state index in [1.165, 1.54) is 13.0 Å². The number of thioether (sulfide) groups is 1. The number of anilines is 1. The van der Waals surface area contributed by atoms with Crippen molar-refractivity contribution in [1.82, 2.24) is 0 Å². The zero-order chi connectivity index (χ0) is 20.1. The second-order valence-corrected chi connectivity index (χ2v) is 7.29. The van der Waals surface area contributed by atoms with Crippen molar-refractivity contribution in [2.24, 2.45) is 0 Å². The molecule has 1 atom stereocenters. The highest BCUT2D eigenvalue weighted by molar-refractivity contribution is 8.00. The predicted molar refractivity (Wildman–Crippen MR) is 106 cm³/mol. The van der Waals surface area contributed by atoms with Crippen LogP contribution in [0.3, 0.4) is 0 Å². The molecule has 6 heteroatoms. The van der Waals surface area contributed by atoms with Gasteiger partial charge in [-0.05, 0) is 42.8 Å². The van der Waals surface area contributed by atoms with Crippen LogP contribution in [0.15, 0.2) is 77.7 Å². The summed E-state index contributed by atoms with van der Waals surface area (Å²) in [6, 6.07) is 19.2. The Morgan fingerprint density at radius 2 is 1.64 bits per heavy atom. The zero-order valence-electron chi connectivity index (χ0n) is 15.0. The summed E-state index contributed by atoms with van der Waals surface area (Å²) < 4.78 is 26.8. The van der Waals surface area contributed by atoms with Crippen LogP contribution in [0.1, 0.15) is 28.1 Å². The summed E-state index contributed by atoms with van der Waals surface area (Å²) in [6.45, 7) is 1.45. The molecule has 3 rings (SSSR count). The molecule has 0 heterocycles. The van der Waals surface area contributed by atoms with Gasteiger partial charge < -0.3 is 5.32 Å². The summed E-state index contributed by atoms with van der Waals surface area (Å²) in [4.78, 5) is 25.0. The molecule has 3 aromatic carbocycles. The average molecular weight is 397 g/mol. The van der Waals surface area contributed by atoms with E-state index in [0.717, 1.165) is 29.5 Å². The molecule has 0 saturated carbocycles. The van der Waals surface area contributed by atoms with Crippen LogP contribution < -0.4 is 5.32 Å². The molecule has 0 fully saturated rings. The second-order valence-electron chi connectivity index (χ2n) is 6.11. The Hall–Kier alpha value is -2.99. The van der Waals surface area contributed by atoms with Crippen molar-refractivity contribution in [3.63, 3.8) is 0 Å². The Kier molecular flexibility index (Phi) is 6.21. The van der Waals surface area contributed by atoms with E-state index >= 15 is 0 Å². The molecule has 0 spiro atoms. The van der Waals surface area contributed by atoms with Gasteiger partial charge in [0.15, 0.2) is 17.4 Å². The number of Topliss-reactive ketones (excluding diaryl/α,β-unsaturated/α-hetero) is 1. The first-order valence-electron chi connectivity index (χ1n) is 8.52. The lowest BCUT2D eigenvalue weighted by Gasteiger charge is -2.17. The number of rotatable bonds is 6. The normalized spacial score (nSPS) is 11.7. The summed E-state index contributed by atoms with van der Waals surface area (Å²) in [5.41, 5.74) is 1.70. The number of hydrogen-bond donors (Lipinski definition) is 1. The lowest BCUT2D eigenvalue weighted by Crippen LogP contribution is -2.19. The number of ketones is 1. The SMILES string of the molecule is CC(=O)c1cccc(NC(=O)[C@@H](Sc2ccc(F)c(F)c2)c2ccccc2)c1. The monoisotopic (exact) mass is 397 g/mol. The highest BCUT2D eigenvalue weighted by Gasteiger charge is 2.23.